The van der Waals surface area contributed by atoms with Crippen molar-refractivity contribution in [3.8, 4) is 0 Å². The first kappa shape index (κ1) is 79.2. The van der Waals surface area contributed by atoms with Crippen molar-refractivity contribution in [1.29, 1.82) is 0 Å². The molecule has 0 spiro atoms. The van der Waals surface area contributed by atoms with Crippen molar-refractivity contribution >= 4 is 19.8 Å². The van der Waals surface area contributed by atoms with Gasteiger partial charge >= 0.3 is 11.9 Å². The molecule has 0 saturated heterocycles. The maximum absolute atomic E-state index is 12.8. The second-order valence-electron chi connectivity index (χ2n) is 25.2. The Morgan fingerprint density at radius 3 is 0.988 bits per heavy atom. The molecule has 0 radical (unpaired) electrons. The largest absolute Gasteiger partial charge is 0.756 e. The molecule has 0 rings (SSSR count). The molecule has 0 aromatic heterocycles. The Bertz CT molecular complexity index is 1460. The lowest BCUT2D eigenvalue weighted by Crippen LogP contribution is -2.37. The molecule has 0 amide bonds. The van der Waals surface area contributed by atoms with Crippen LogP contribution in [0.5, 0.6) is 0 Å². The number of unbranched alkanes of at least 4 members (excludes halogenated alkanes) is 46. The van der Waals surface area contributed by atoms with Crippen LogP contribution in [0.4, 0.5) is 0 Å². The topological polar surface area (TPSA) is 111 Å². The monoisotopic (exact) mass is 1160 g/mol. The number of esters is 2. The molecular weight excluding hydrogens is 1030 g/mol. The van der Waals surface area contributed by atoms with Gasteiger partial charge in [0.05, 0.1) is 27.7 Å². The summed E-state index contributed by atoms with van der Waals surface area (Å²) in [5.74, 6) is -0.820. The first-order chi connectivity index (χ1) is 39.5. The third-order valence-corrected chi connectivity index (χ3v) is 16.8. The Balaban J connectivity index is 3.90. The minimum Gasteiger partial charge on any atom is -0.756 e. The van der Waals surface area contributed by atoms with E-state index in [9.17, 15) is 19.0 Å². The number of carbonyl (C=O) groups is 2. The molecule has 0 heterocycles. The molecule has 0 aliphatic carbocycles. The van der Waals surface area contributed by atoms with Gasteiger partial charge in [0.25, 0.3) is 7.82 Å². The number of allylic oxidation sites excluding steroid dienone is 6. The zero-order valence-electron chi connectivity index (χ0n) is 54.5. The van der Waals surface area contributed by atoms with E-state index >= 15 is 0 Å². The summed E-state index contributed by atoms with van der Waals surface area (Å²) in [6.07, 6.45) is 79.6. The van der Waals surface area contributed by atoms with Gasteiger partial charge in [-0.15, -0.1) is 0 Å². The number of hydrogen-bond donors (Lipinski definition) is 0. The predicted octanol–water partition coefficient (Wildman–Crippen LogP) is 22.0. The highest BCUT2D eigenvalue weighted by molar-refractivity contribution is 7.45. The molecule has 10 heteroatoms. The highest BCUT2D eigenvalue weighted by atomic mass is 31.2. The van der Waals surface area contributed by atoms with Gasteiger partial charge in [0.15, 0.2) is 6.10 Å². The molecule has 0 aromatic carbocycles. The van der Waals surface area contributed by atoms with E-state index in [0.29, 0.717) is 17.4 Å². The Hall–Kier alpha value is -1.77. The van der Waals surface area contributed by atoms with Crippen molar-refractivity contribution in [3.05, 3.63) is 36.5 Å². The second-order valence-corrected chi connectivity index (χ2v) is 26.7. The Kier molecular flexibility index (Phi) is 61.4. The number of quaternary nitrogens is 1. The highest BCUT2D eigenvalue weighted by Crippen LogP contribution is 2.38. The molecule has 0 aliphatic rings. The Morgan fingerprint density at radius 2 is 0.667 bits per heavy atom. The smallest absolute Gasteiger partial charge is 0.306 e. The summed E-state index contributed by atoms with van der Waals surface area (Å²) in [5, 5.41) is 0. The van der Waals surface area contributed by atoms with Gasteiger partial charge in [0.2, 0.25) is 0 Å². The van der Waals surface area contributed by atoms with Crippen LogP contribution in [-0.2, 0) is 32.7 Å². The number of hydrogen-bond acceptors (Lipinski definition) is 8. The Morgan fingerprint density at radius 1 is 0.383 bits per heavy atom. The highest BCUT2D eigenvalue weighted by Gasteiger charge is 2.22. The van der Waals surface area contributed by atoms with Gasteiger partial charge in [0, 0.05) is 12.8 Å². The molecule has 0 fully saturated rings. The summed E-state index contributed by atoms with van der Waals surface area (Å²) in [4.78, 5) is 38.0. The fraction of sp³-hybridized carbons (Fsp3) is 0.887. The summed E-state index contributed by atoms with van der Waals surface area (Å²) in [5.41, 5.74) is 0. The molecular formula is C71H136NO8P. The lowest BCUT2D eigenvalue weighted by atomic mass is 10.0. The molecule has 0 aliphatic heterocycles. The lowest BCUT2D eigenvalue weighted by molar-refractivity contribution is -0.870. The summed E-state index contributed by atoms with van der Waals surface area (Å²) in [6, 6.07) is 0. The standard InChI is InChI=1S/C71H136NO8P/c1-6-8-10-12-14-16-18-20-22-24-26-27-28-29-30-31-32-33-34-35-36-37-38-39-40-41-42-43-44-45-46-48-50-52-54-56-58-60-62-64-71(74)80-69(68-79-81(75,76)78-66-65-72(3,4)5)67-77-70(73)63-61-59-57-55-53-51-49-47-25-23-21-19-17-15-13-11-9-7-2/h18,20,23-26,69H,6-17,19,21-22,27-68H2,1-5H3/b20-18-,25-23-,26-24-. The molecule has 2 unspecified atom stereocenters. The maximum atomic E-state index is 12.8. The molecule has 0 aromatic rings. The van der Waals surface area contributed by atoms with Crippen molar-refractivity contribution in [2.45, 2.75) is 360 Å². The first-order valence-corrected chi connectivity index (χ1v) is 36.7. The quantitative estimate of drug-likeness (QED) is 0.0195. The molecule has 81 heavy (non-hydrogen) atoms. The van der Waals surface area contributed by atoms with Gasteiger partial charge < -0.3 is 27.9 Å². The van der Waals surface area contributed by atoms with Crippen molar-refractivity contribution in [2.75, 3.05) is 47.5 Å². The zero-order chi connectivity index (χ0) is 59.1. The summed E-state index contributed by atoms with van der Waals surface area (Å²) >= 11 is 0. The minimum absolute atomic E-state index is 0.0288. The van der Waals surface area contributed by atoms with E-state index in [1.54, 1.807) is 0 Å². The van der Waals surface area contributed by atoms with Crippen LogP contribution in [0.15, 0.2) is 36.5 Å². The van der Waals surface area contributed by atoms with Crippen LogP contribution in [0.3, 0.4) is 0 Å². The number of carbonyl (C=O) groups excluding carboxylic acids is 2. The van der Waals surface area contributed by atoms with Crippen molar-refractivity contribution in [3.63, 3.8) is 0 Å². The van der Waals surface area contributed by atoms with E-state index in [1.807, 2.05) is 21.1 Å². The number of ether oxygens (including phenoxy) is 2. The van der Waals surface area contributed by atoms with E-state index in [2.05, 4.69) is 50.3 Å². The van der Waals surface area contributed by atoms with Crippen molar-refractivity contribution in [2.24, 2.45) is 0 Å². The zero-order valence-corrected chi connectivity index (χ0v) is 55.4. The number of phosphoric ester groups is 1. The lowest BCUT2D eigenvalue weighted by Gasteiger charge is -2.28. The van der Waals surface area contributed by atoms with Gasteiger partial charge in [-0.1, -0.05) is 307 Å². The number of likely N-dealkylation sites (N-methyl/N-ethyl adjacent to an activating group) is 1. The Labute approximate surface area is 503 Å². The van der Waals surface area contributed by atoms with Crippen LogP contribution in [0.1, 0.15) is 354 Å². The maximum Gasteiger partial charge on any atom is 0.306 e. The molecule has 2 atom stereocenters. The van der Waals surface area contributed by atoms with Crippen LogP contribution >= 0.6 is 7.82 Å². The molecule has 0 bridgehead atoms. The molecule has 478 valence electrons. The van der Waals surface area contributed by atoms with Crippen LogP contribution < -0.4 is 4.89 Å². The van der Waals surface area contributed by atoms with Crippen molar-refractivity contribution in [1.82, 2.24) is 0 Å². The normalized spacial score (nSPS) is 13.3. The summed E-state index contributed by atoms with van der Waals surface area (Å²) < 4.78 is 34.3. The fourth-order valence-electron chi connectivity index (χ4n) is 10.5. The van der Waals surface area contributed by atoms with E-state index < -0.39 is 26.5 Å². The van der Waals surface area contributed by atoms with Crippen LogP contribution in [0, 0.1) is 0 Å². The molecule has 9 nitrogen and oxygen atoms in total. The third kappa shape index (κ3) is 67.2. The van der Waals surface area contributed by atoms with Gasteiger partial charge in [0.1, 0.15) is 19.8 Å². The van der Waals surface area contributed by atoms with Crippen LogP contribution in [0.2, 0.25) is 0 Å². The molecule has 0 saturated carbocycles. The second kappa shape index (κ2) is 62.8. The van der Waals surface area contributed by atoms with Gasteiger partial charge in [-0.25, -0.2) is 0 Å². The number of rotatable bonds is 66. The van der Waals surface area contributed by atoms with E-state index in [-0.39, 0.29) is 32.0 Å². The SMILES string of the molecule is CCCCCCC/C=C\C/C=C\CCCCCCCCCCCCCCCCCCCCCCCCCCCCCC(=O)OC(COC(=O)CCCCCCCCC/C=C\CCCCCCCCC)COP(=O)([O-])OCC[N+](C)(C)C. The summed E-state index contributed by atoms with van der Waals surface area (Å²) in [6.45, 7) is 4.28. The fourth-order valence-corrected chi connectivity index (χ4v) is 11.2. The predicted molar refractivity (Wildman–Crippen MR) is 347 cm³/mol. The average molecular weight is 1160 g/mol. The third-order valence-electron chi connectivity index (χ3n) is 15.9. The molecule has 0 N–H and O–H groups in total. The number of phosphoric acid groups is 1. The minimum atomic E-state index is -4.64. The van der Waals surface area contributed by atoms with E-state index in [1.165, 1.54) is 276 Å². The van der Waals surface area contributed by atoms with Gasteiger partial charge in [-0.2, -0.15) is 0 Å². The van der Waals surface area contributed by atoms with Crippen LogP contribution in [-0.4, -0.2) is 70.0 Å². The summed E-state index contributed by atoms with van der Waals surface area (Å²) in [7, 11) is 1.18. The van der Waals surface area contributed by atoms with E-state index in [0.717, 1.165) is 44.9 Å². The first-order valence-electron chi connectivity index (χ1n) is 35.2. The van der Waals surface area contributed by atoms with Crippen molar-refractivity contribution < 1.29 is 42.1 Å². The van der Waals surface area contributed by atoms with E-state index in [4.69, 9.17) is 18.5 Å². The van der Waals surface area contributed by atoms with Gasteiger partial charge in [-0.05, 0) is 70.6 Å². The average Bonchev–Trinajstić information content (AvgIpc) is 3.43. The van der Waals surface area contributed by atoms with Crippen LogP contribution in [0.25, 0.3) is 0 Å². The van der Waals surface area contributed by atoms with Gasteiger partial charge in [-0.3, -0.25) is 14.2 Å². The number of nitrogens with zero attached hydrogens (tertiary/aromatic N) is 1.